The quantitative estimate of drug-likeness (QED) is 0.0497. The molecule has 0 aliphatic carbocycles. The average Bonchev–Trinajstić information content (AvgIpc) is 3.17. The molecule has 0 aromatic carbocycles. The number of ether oxygens (including phenoxy) is 2. The minimum absolute atomic E-state index is 0.0312. The van der Waals surface area contributed by atoms with E-state index in [4.69, 9.17) is 9.47 Å². The fraction of sp³-hybridized carbons (Fsp3) is 0.958. The van der Waals surface area contributed by atoms with E-state index in [0.717, 1.165) is 71.2 Å². The van der Waals surface area contributed by atoms with Crippen molar-refractivity contribution in [3.8, 4) is 0 Å². The van der Waals surface area contributed by atoms with Crippen molar-refractivity contribution in [1.82, 2.24) is 10.2 Å². The summed E-state index contributed by atoms with van der Waals surface area (Å²) in [6, 6.07) is 0. The third kappa shape index (κ3) is 28.3. The molecule has 1 rings (SSSR count). The second kappa shape index (κ2) is 37.4. The van der Waals surface area contributed by atoms with Crippen molar-refractivity contribution in [2.24, 2.45) is 0 Å². The molecule has 1 aliphatic heterocycles. The van der Waals surface area contributed by atoms with E-state index in [2.05, 4.69) is 31.0 Å². The topological polar surface area (TPSA) is 67.9 Å². The van der Waals surface area contributed by atoms with Crippen LogP contribution in [-0.2, 0) is 19.1 Å². The highest BCUT2D eigenvalue weighted by Gasteiger charge is 2.37. The Morgan fingerprint density at radius 1 is 0.593 bits per heavy atom. The molecule has 0 bridgehead atoms. The lowest BCUT2D eigenvalue weighted by molar-refractivity contribution is -0.150. The fourth-order valence-electron chi connectivity index (χ4n) is 8.77. The Hall–Kier alpha value is -1.14. The first-order valence-corrected chi connectivity index (χ1v) is 24.2. The van der Waals surface area contributed by atoms with E-state index < -0.39 is 0 Å². The summed E-state index contributed by atoms with van der Waals surface area (Å²) in [6.07, 6.45) is 43.4. The van der Waals surface area contributed by atoms with Crippen LogP contribution in [0.3, 0.4) is 0 Å². The predicted octanol–water partition coefficient (Wildman–Crippen LogP) is 13.8. The van der Waals surface area contributed by atoms with Gasteiger partial charge in [0.2, 0.25) is 5.91 Å². The molecule has 320 valence electrons. The molecular formula is C48H94N2O4. The van der Waals surface area contributed by atoms with Crippen LogP contribution in [0.1, 0.15) is 252 Å². The maximum atomic E-state index is 13.0. The van der Waals surface area contributed by atoms with Crippen LogP contribution in [0.2, 0.25) is 0 Å². The van der Waals surface area contributed by atoms with Crippen molar-refractivity contribution >= 4 is 11.9 Å². The highest BCUT2D eigenvalue weighted by molar-refractivity contribution is 5.75. The first kappa shape index (κ1) is 50.9. The molecule has 1 saturated heterocycles. The Morgan fingerprint density at radius 2 is 1.07 bits per heavy atom. The van der Waals surface area contributed by atoms with E-state index in [1.165, 1.54) is 173 Å². The first-order valence-electron chi connectivity index (χ1n) is 24.2. The molecule has 0 radical (unpaired) electrons. The van der Waals surface area contributed by atoms with Gasteiger partial charge in [-0.2, -0.15) is 0 Å². The van der Waals surface area contributed by atoms with Crippen LogP contribution in [0, 0.1) is 0 Å². The van der Waals surface area contributed by atoms with Gasteiger partial charge in [0.1, 0.15) is 6.10 Å². The zero-order valence-corrected chi connectivity index (χ0v) is 36.9. The maximum absolute atomic E-state index is 13.0. The van der Waals surface area contributed by atoms with E-state index >= 15 is 0 Å². The van der Waals surface area contributed by atoms with Crippen LogP contribution in [0.25, 0.3) is 0 Å². The molecule has 1 N–H and O–H groups in total. The Bertz CT molecular complexity index is 822. The predicted molar refractivity (Wildman–Crippen MR) is 232 cm³/mol. The number of likely N-dealkylation sites (tertiary alicyclic amines) is 1. The molecule has 6 nitrogen and oxygen atoms in total. The van der Waals surface area contributed by atoms with E-state index in [1.54, 1.807) is 0 Å². The number of hydrogen-bond acceptors (Lipinski definition) is 5. The molecule has 1 unspecified atom stereocenters. The number of nitrogens with zero attached hydrogens (tertiary/aromatic N) is 1. The fourth-order valence-corrected chi connectivity index (χ4v) is 8.77. The van der Waals surface area contributed by atoms with E-state index in [0.29, 0.717) is 12.8 Å². The summed E-state index contributed by atoms with van der Waals surface area (Å²) in [4.78, 5) is 28.3. The van der Waals surface area contributed by atoms with Crippen LogP contribution in [0.4, 0.5) is 0 Å². The van der Waals surface area contributed by atoms with E-state index in [1.807, 2.05) is 7.11 Å². The van der Waals surface area contributed by atoms with Crippen molar-refractivity contribution in [2.75, 3.05) is 33.4 Å². The van der Waals surface area contributed by atoms with E-state index in [9.17, 15) is 9.59 Å². The van der Waals surface area contributed by atoms with Crippen molar-refractivity contribution < 1.29 is 19.1 Å². The number of unbranched alkanes of at least 4 members (excludes halogenated alkanes) is 22. The van der Waals surface area contributed by atoms with E-state index in [-0.39, 0.29) is 23.5 Å². The normalized spacial score (nSPS) is 16.3. The van der Waals surface area contributed by atoms with Gasteiger partial charge in [0.15, 0.2) is 0 Å². The molecule has 1 atom stereocenters. The van der Waals surface area contributed by atoms with Crippen molar-refractivity contribution in [3.05, 3.63) is 0 Å². The maximum Gasteiger partial charge on any atom is 0.306 e. The van der Waals surface area contributed by atoms with Crippen LogP contribution >= 0.6 is 0 Å². The lowest BCUT2D eigenvalue weighted by atomic mass is 9.78. The van der Waals surface area contributed by atoms with Gasteiger partial charge in [0, 0.05) is 38.6 Å². The zero-order valence-electron chi connectivity index (χ0n) is 36.9. The monoisotopic (exact) mass is 763 g/mol. The number of carbonyl (C=O) groups excluding carboxylic acids is 2. The van der Waals surface area contributed by atoms with Crippen molar-refractivity contribution in [1.29, 1.82) is 0 Å². The number of hydrogen-bond donors (Lipinski definition) is 1. The van der Waals surface area contributed by atoms with Gasteiger partial charge in [0.05, 0.1) is 6.61 Å². The Morgan fingerprint density at radius 3 is 1.65 bits per heavy atom. The number of piperidine rings is 1. The summed E-state index contributed by atoms with van der Waals surface area (Å²) in [5.74, 6) is 0.266. The molecule has 1 amide bonds. The first-order chi connectivity index (χ1) is 26.5. The van der Waals surface area contributed by atoms with Gasteiger partial charge in [-0.1, -0.05) is 168 Å². The average molecular weight is 763 g/mol. The molecule has 0 aromatic rings. The lowest BCUT2D eigenvalue weighted by Gasteiger charge is -2.48. The highest BCUT2D eigenvalue weighted by Crippen LogP contribution is 2.37. The molecule has 54 heavy (non-hydrogen) atoms. The number of rotatable bonds is 40. The van der Waals surface area contributed by atoms with Gasteiger partial charge in [-0.25, -0.2) is 0 Å². The summed E-state index contributed by atoms with van der Waals surface area (Å²) in [6.45, 7) is 10.6. The molecule has 1 heterocycles. The van der Waals surface area contributed by atoms with Crippen molar-refractivity contribution in [2.45, 2.75) is 264 Å². The standard InChI is InChI=1S/C48H94N2O4/c1-5-8-11-14-17-18-19-24-32-41-49-46(51)36-28-30-39-48(40-31-33-42-50(48)43-44-53-4)38-29-23-22-27-37-47(52)54-45(34-25-20-15-12-9-6-2)35-26-21-16-13-10-7-3/h45H,5-44H2,1-4H3,(H,49,51). The van der Waals surface area contributed by atoms with Gasteiger partial charge in [-0.05, 0) is 77.2 Å². The molecule has 0 saturated carbocycles. The number of amides is 1. The van der Waals surface area contributed by atoms with Gasteiger partial charge in [0.25, 0.3) is 0 Å². The second-order valence-electron chi connectivity index (χ2n) is 17.2. The molecule has 0 aromatic heterocycles. The van der Waals surface area contributed by atoms with Crippen LogP contribution < -0.4 is 5.32 Å². The van der Waals surface area contributed by atoms with Crippen LogP contribution in [-0.4, -0.2) is 61.8 Å². The molecule has 6 heteroatoms. The molecular weight excluding hydrogens is 669 g/mol. The SMILES string of the molecule is CCCCCCCCCCCNC(=O)CCCCC1(CCCCCCC(=O)OC(CCCCCCCC)CCCCCCCC)CCCCN1CCOC. The van der Waals surface area contributed by atoms with Gasteiger partial charge in [-0.3, -0.25) is 14.5 Å². The Labute approximate surface area is 337 Å². The van der Waals surface area contributed by atoms with Crippen LogP contribution in [0.5, 0.6) is 0 Å². The molecule has 1 fully saturated rings. The summed E-state index contributed by atoms with van der Waals surface area (Å²) in [7, 11) is 1.81. The minimum atomic E-state index is 0.0312. The number of methoxy groups -OCH3 is 1. The summed E-state index contributed by atoms with van der Waals surface area (Å²) in [5, 5.41) is 3.19. The number of carbonyl (C=O) groups is 2. The van der Waals surface area contributed by atoms with Crippen molar-refractivity contribution in [3.63, 3.8) is 0 Å². The van der Waals surface area contributed by atoms with Gasteiger partial charge in [-0.15, -0.1) is 0 Å². The summed E-state index contributed by atoms with van der Waals surface area (Å²) < 4.78 is 11.7. The van der Waals surface area contributed by atoms with Gasteiger partial charge < -0.3 is 14.8 Å². The molecule has 0 spiro atoms. The number of nitrogens with one attached hydrogen (secondary N) is 1. The largest absolute Gasteiger partial charge is 0.462 e. The second-order valence-corrected chi connectivity index (χ2v) is 17.2. The zero-order chi connectivity index (χ0) is 39.2. The van der Waals surface area contributed by atoms with Gasteiger partial charge >= 0.3 is 5.97 Å². The summed E-state index contributed by atoms with van der Waals surface area (Å²) >= 11 is 0. The minimum Gasteiger partial charge on any atom is -0.462 e. The third-order valence-corrected chi connectivity index (χ3v) is 12.3. The highest BCUT2D eigenvalue weighted by atomic mass is 16.5. The number of esters is 1. The lowest BCUT2D eigenvalue weighted by Crippen LogP contribution is -2.53. The smallest absolute Gasteiger partial charge is 0.306 e. The third-order valence-electron chi connectivity index (χ3n) is 12.3. The Kier molecular flexibility index (Phi) is 35.3. The van der Waals surface area contributed by atoms with Crippen LogP contribution in [0.15, 0.2) is 0 Å². The summed E-state index contributed by atoms with van der Waals surface area (Å²) in [5.41, 5.74) is 0.225. The molecule has 1 aliphatic rings. The Balaban J connectivity index is 2.42.